The van der Waals surface area contributed by atoms with Crippen molar-refractivity contribution in [3.05, 3.63) is 35.1 Å². The van der Waals surface area contributed by atoms with Crippen LogP contribution >= 0.6 is 0 Å². The molecular weight excluding hydrogens is 299 g/mol. The fraction of sp³-hybridized carbons (Fsp3) is 0.125. The van der Waals surface area contributed by atoms with Crippen LogP contribution in [0.15, 0.2) is 12.1 Å². The highest BCUT2D eigenvalue weighted by Gasteiger charge is 2.62. The summed E-state index contributed by atoms with van der Waals surface area (Å²) in [6.07, 6.45) is 0. The molecule has 106 valence electrons. The Morgan fingerprint density at radius 1 is 1.11 bits per heavy atom. The zero-order valence-electron chi connectivity index (χ0n) is 8.70. The Labute approximate surface area is 102 Å². The van der Waals surface area contributed by atoms with Gasteiger partial charge >= 0.3 is 20.5 Å². The summed E-state index contributed by atoms with van der Waals surface area (Å²) in [5.41, 5.74) is -6.49. The smallest absolute Gasteiger partial charge is 0.394 e. The van der Waals surface area contributed by atoms with Crippen LogP contribution in [0.1, 0.15) is 10.4 Å². The van der Waals surface area contributed by atoms with Crippen LogP contribution in [0.4, 0.5) is 22.0 Å². The molecule has 0 heterocycles. The van der Waals surface area contributed by atoms with Gasteiger partial charge in [-0.1, -0.05) is 0 Å². The van der Waals surface area contributed by atoms with Gasteiger partial charge in [-0.2, -0.15) is 8.78 Å². The molecule has 1 aromatic carbocycles. The lowest BCUT2D eigenvalue weighted by molar-refractivity contribution is -0.177. The molecule has 0 amide bonds. The van der Waals surface area contributed by atoms with Gasteiger partial charge in [0.1, 0.15) is 0 Å². The minimum Gasteiger partial charge on any atom is -0.394 e. The van der Waals surface area contributed by atoms with E-state index in [-0.39, 0.29) is 6.07 Å². The van der Waals surface area contributed by atoms with E-state index in [9.17, 15) is 26.7 Å². The van der Waals surface area contributed by atoms with Gasteiger partial charge < -0.3 is 19.1 Å². The second kappa shape index (κ2) is 4.84. The molecule has 1 aromatic rings. The molecule has 0 fully saturated rings. The van der Waals surface area contributed by atoms with Crippen LogP contribution in [0.2, 0.25) is 0 Å². The van der Waals surface area contributed by atoms with E-state index in [1.165, 1.54) is 0 Å². The third kappa shape index (κ3) is 3.06. The molecule has 0 aliphatic carbocycles. The van der Waals surface area contributed by atoms with Gasteiger partial charge in [-0.05, 0) is 12.1 Å². The summed E-state index contributed by atoms with van der Waals surface area (Å²) in [4.78, 5) is 36.0. The number of benzene rings is 1. The lowest BCUT2D eigenvalue weighted by Gasteiger charge is -2.21. The Morgan fingerprint density at radius 2 is 1.63 bits per heavy atom. The largest absolute Gasteiger partial charge is 0.619 e. The van der Waals surface area contributed by atoms with Crippen LogP contribution in [-0.4, -0.2) is 34.9 Å². The first-order valence-corrected chi connectivity index (χ1v) is 6.23. The lowest BCUT2D eigenvalue weighted by atomic mass is 10.2. The normalized spacial score (nSPS) is 12.4. The molecule has 0 bridgehead atoms. The lowest BCUT2D eigenvalue weighted by Crippen LogP contribution is -2.56. The molecule has 1 rings (SSSR count). The molecule has 3 N–H and O–H groups in total. The predicted octanol–water partition coefficient (Wildman–Crippen LogP) is 0.309. The van der Waals surface area contributed by atoms with Gasteiger partial charge in [0.25, 0.3) is 0 Å². The van der Waals surface area contributed by atoms with Crippen LogP contribution in [0, 0.1) is 17.5 Å². The van der Waals surface area contributed by atoms with Crippen LogP contribution < -0.4 is 0 Å². The first-order valence-electron chi connectivity index (χ1n) is 4.39. The molecule has 0 aliphatic rings. The topological polar surface area (TPSA) is 87.0 Å². The maximum Gasteiger partial charge on any atom is 0.619 e. The van der Waals surface area contributed by atoms with Crippen molar-refractivity contribution in [1.82, 2.24) is 0 Å². The van der Waals surface area contributed by atoms with Crippen LogP contribution in [0.3, 0.4) is 0 Å². The van der Waals surface area contributed by atoms with Gasteiger partial charge in [-0.3, -0.25) is 0 Å². The molecule has 0 radical (unpaired) electrons. The summed E-state index contributed by atoms with van der Waals surface area (Å²) >= 11 is 0. The molecule has 0 aromatic heterocycles. The van der Waals surface area contributed by atoms with Gasteiger partial charge in [0, 0.05) is 0 Å². The molecule has 0 saturated heterocycles. The third-order valence-electron chi connectivity index (χ3n) is 1.87. The van der Waals surface area contributed by atoms with E-state index in [1.807, 2.05) is 0 Å². The monoisotopic (exact) mass is 304 g/mol. The summed E-state index contributed by atoms with van der Waals surface area (Å²) in [7, 11) is -6.19. The standard InChI is InChI=1S/C8H5F5O5Si/c9-4-2-1-3(5(10)6(4)11)7(14)18-8(12,13)19(15,16)17/h1-2,15-17H. The second-order valence-electron chi connectivity index (χ2n) is 3.26. The Bertz CT molecular complexity index is 515. The van der Waals surface area contributed by atoms with Gasteiger partial charge in [0.05, 0.1) is 5.56 Å². The highest BCUT2D eigenvalue weighted by atomic mass is 28.4. The van der Waals surface area contributed by atoms with Crippen molar-refractivity contribution in [3.63, 3.8) is 0 Å². The van der Waals surface area contributed by atoms with Crippen molar-refractivity contribution >= 4 is 14.8 Å². The Hall–Kier alpha value is -1.56. The number of carbonyl (C=O) groups excluding carboxylic acids is 1. The molecule has 0 aliphatic heterocycles. The average Bonchev–Trinajstić information content (AvgIpc) is 2.23. The van der Waals surface area contributed by atoms with E-state index in [4.69, 9.17) is 14.4 Å². The summed E-state index contributed by atoms with van der Waals surface area (Å²) in [5, 5.41) is 0. The van der Waals surface area contributed by atoms with Gasteiger partial charge in [-0.25, -0.2) is 18.0 Å². The quantitative estimate of drug-likeness (QED) is 0.324. The molecule has 5 nitrogen and oxygen atoms in total. The summed E-state index contributed by atoms with van der Waals surface area (Å²) < 4.78 is 67.0. The van der Waals surface area contributed by atoms with Crippen molar-refractivity contribution < 1.29 is 45.9 Å². The highest BCUT2D eigenvalue weighted by Crippen LogP contribution is 2.25. The number of rotatable bonds is 3. The van der Waals surface area contributed by atoms with E-state index in [2.05, 4.69) is 4.74 Å². The first kappa shape index (κ1) is 15.5. The zero-order chi connectivity index (χ0) is 15.0. The number of esters is 1. The zero-order valence-corrected chi connectivity index (χ0v) is 9.70. The van der Waals surface area contributed by atoms with E-state index in [0.717, 1.165) is 0 Å². The summed E-state index contributed by atoms with van der Waals surface area (Å²) in [6, 6.07) is 0.580. The number of carbonyl (C=O) groups is 1. The van der Waals surface area contributed by atoms with Gasteiger partial charge in [-0.15, -0.1) is 0 Å². The molecule has 0 unspecified atom stereocenters. The SMILES string of the molecule is O=C(OC(F)(F)[Si](O)(O)O)c1ccc(F)c(F)c1F. The summed E-state index contributed by atoms with van der Waals surface area (Å²) in [6.45, 7) is 0. The number of hydrogen-bond donors (Lipinski definition) is 3. The van der Waals surface area contributed by atoms with E-state index >= 15 is 0 Å². The number of alkyl halides is 2. The number of hydrogen-bond acceptors (Lipinski definition) is 5. The molecule has 0 saturated carbocycles. The van der Waals surface area contributed by atoms with Crippen molar-refractivity contribution in [1.29, 1.82) is 0 Å². The number of ether oxygens (including phenoxy) is 1. The van der Waals surface area contributed by atoms with E-state index < -0.39 is 43.5 Å². The molecular formula is C8H5F5O5Si. The molecule has 19 heavy (non-hydrogen) atoms. The van der Waals surface area contributed by atoms with E-state index in [1.54, 1.807) is 0 Å². The average molecular weight is 304 g/mol. The van der Waals surface area contributed by atoms with E-state index in [0.29, 0.717) is 6.07 Å². The van der Waals surface area contributed by atoms with Crippen molar-refractivity contribution in [2.75, 3.05) is 0 Å². The fourth-order valence-corrected chi connectivity index (χ4v) is 1.15. The van der Waals surface area contributed by atoms with Crippen molar-refractivity contribution in [2.45, 2.75) is 5.73 Å². The Morgan fingerprint density at radius 3 is 2.11 bits per heavy atom. The fourth-order valence-electron chi connectivity index (χ4n) is 0.923. The second-order valence-corrected chi connectivity index (χ2v) is 5.12. The predicted molar refractivity (Wildman–Crippen MR) is 49.1 cm³/mol. The third-order valence-corrected chi connectivity index (χ3v) is 2.75. The Balaban J connectivity index is 3.07. The minimum atomic E-state index is -6.19. The van der Waals surface area contributed by atoms with Gasteiger partial charge in [0.15, 0.2) is 17.5 Å². The van der Waals surface area contributed by atoms with Gasteiger partial charge in [0.2, 0.25) is 0 Å². The Kier molecular flexibility index (Phi) is 3.95. The maximum absolute atomic E-state index is 13.0. The van der Waals surface area contributed by atoms with Crippen LogP contribution in [0.5, 0.6) is 0 Å². The van der Waals surface area contributed by atoms with Crippen LogP contribution in [0.25, 0.3) is 0 Å². The minimum absolute atomic E-state index is 0.272. The molecule has 0 atom stereocenters. The maximum atomic E-state index is 13.0. The highest BCUT2D eigenvalue weighted by molar-refractivity contribution is 6.58. The molecule has 0 spiro atoms. The van der Waals surface area contributed by atoms with Crippen LogP contribution in [-0.2, 0) is 4.74 Å². The number of halogens is 5. The van der Waals surface area contributed by atoms with Crippen molar-refractivity contribution in [2.24, 2.45) is 0 Å². The first-order chi connectivity index (χ1) is 8.47. The molecule has 11 heteroatoms. The van der Waals surface area contributed by atoms with Crippen molar-refractivity contribution in [3.8, 4) is 0 Å². The summed E-state index contributed by atoms with van der Waals surface area (Å²) in [5.74, 6) is -8.08.